The lowest BCUT2D eigenvalue weighted by Gasteiger charge is -2.06. The van der Waals surface area contributed by atoms with E-state index in [1.54, 1.807) is 10.9 Å². The van der Waals surface area contributed by atoms with Crippen molar-refractivity contribution in [2.45, 2.75) is 11.4 Å². The fourth-order valence-electron chi connectivity index (χ4n) is 1.43. The van der Waals surface area contributed by atoms with Crippen molar-refractivity contribution in [3.05, 3.63) is 49.4 Å². The van der Waals surface area contributed by atoms with Crippen LogP contribution in [0.5, 0.6) is 0 Å². The fraction of sp³-hybridized carbons (Fsp3) is 0.100. The van der Waals surface area contributed by atoms with Crippen molar-refractivity contribution < 1.29 is 13.3 Å². The van der Waals surface area contributed by atoms with Crippen molar-refractivity contribution in [3.8, 4) is 0 Å². The summed E-state index contributed by atoms with van der Waals surface area (Å²) in [7, 11) is -3.99. The van der Waals surface area contributed by atoms with Gasteiger partial charge >= 0.3 is 0 Å². The number of thiazole rings is 1. The van der Waals surface area contributed by atoms with Gasteiger partial charge in [-0.15, -0.1) is 11.3 Å². The van der Waals surface area contributed by atoms with Crippen molar-refractivity contribution in [2.75, 3.05) is 0 Å². The van der Waals surface area contributed by atoms with Crippen LogP contribution in [-0.2, 0) is 16.6 Å². The highest BCUT2D eigenvalue weighted by Crippen LogP contribution is 2.27. The van der Waals surface area contributed by atoms with Crippen LogP contribution in [0, 0.1) is 10.1 Å². The summed E-state index contributed by atoms with van der Waals surface area (Å²) in [5.41, 5.74) is 1.65. The Balaban J connectivity index is 2.33. The Morgan fingerprint density at radius 3 is 2.80 bits per heavy atom. The molecule has 1 aromatic carbocycles. The first-order valence-corrected chi connectivity index (χ1v) is 8.43. The van der Waals surface area contributed by atoms with Gasteiger partial charge < -0.3 is 0 Å². The normalized spacial score (nSPS) is 11.4. The molecule has 1 aromatic heterocycles. The Kier molecular flexibility index (Phi) is 4.48. The van der Waals surface area contributed by atoms with Gasteiger partial charge in [0.05, 0.1) is 22.7 Å². The second kappa shape index (κ2) is 5.95. The zero-order valence-corrected chi connectivity index (χ0v) is 13.0. The van der Waals surface area contributed by atoms with Gasteiger partial charge in [-0.3, -0.25) is 10.1 Å². The third-order valence-corrected chi connectivity index (χ3v) is 4.89. The topological polar surface area (TPSA) is 102 Å². The Bertz CT molecular complexity index is 731. The molecule has 0 saturated carbocycles. The second-order valence-corrected chi connectivity index (χ2v) is 7.04. The van der Waals surface area contributed by atoms with E-state index in [0.29, 0.717) is 10.2 Å². The van der Waals surface area contributed by atoms with Crippen molar-refractivity contribution in [2.24, 2.45) is 0 Å². The number of sulfonamides is 1. The summed E-state index contributed by atoms with van der Waals surface area (Å²) in [6, 6.07) is 3.75. The summed E-state index contributed by atoms with van der Waals surface area (Å²) in [5, 5.41) is 12.6. The molecule has 1 heterocycles. The molecule has 2 aromatic rings. The third kappa shape index (κ3) is 3.39. The van der Waals surface area contributed by atoms with Crippen LogP contribution in [0.4, 0.5) is 5.69 Å². The van der Waals surface area contributed by atoms with Crippen LogP contribution >= 0.6 is 27.3 Å². The Morgan fingerprint density at radius 2 is 2.20 bits per heavy atom. The summed E-state index contributed by atoms with van der Waals surface area (Å²) in [4.78, 5) is 13.7. The van der Waals surface area contributed by atoms with Gasteiger partial charge in [0.1, 0.15) is 0 Å². The number of rotatable bonds is 5. The van der Waals surface area contributed by atoms with Crippen molar-refractivity contribution >= 4 is 43.0 Å². The van der Waals surface area contributed by atoms with E-state index in [1.165, 1.54) is 23.5 Å². The maximum Gasteiger partial charge on any atom is 0.289 e. The molecule has 1 N–H and O–H groups in total. The molecule has 0 atom stereocenters. The number of nitro groups is 1. The largest absolute Gasteiger partial charge is 0.289 e. The monoisotopic (exact) mass is 377 g/mol. The van der Waals surface area contributed by atoms with E-state index in [4.69, 9.17) is 0 Å². The number of nitro benzene ring substituents is 1. The molecular weight excluding hydrogens is 370 g/mol. The Hall–Kier alpha value is -1.36. The number of hydrogen-bond acceptors (Lipinski definition) is 6. The molecule has 10 heteroatoms. The first-order valence-electron chi connectivity index (χ1n) is 5.21. The van der Waals surface area contributed by atoms with Gasteiger partial charge in [-0.25, -0.2) is 18.1 Å². The molecule has 0 bridgehead atoms. The molecule has 0 amide bonds. The maximum absolute atomic E-state index is 12.1. The van der Waals surface area contributed by atoms with E-state index in [-0.39, 0.29) is 11.4 Å². The van der Waals surface area contributed by atoms with E-state index >= 15 is 0 Å². The van der Waals surface area contributed by atoms with Gasteiger partial charge in [0.25, 0.3) is 5.69 Å². The average Bonchev–Trinajstić information content (AvgIpc) is 2.89. The van der Waals surface area contributed by atoms with Gasteiger partial charge in [0, 0.05) is 15.9 Å². The quantitative estimate of drug-likeness (QED) is 0.635. The van der Waals surface area contributed by atoms with Gasteiger partial charge in [-0.1, -0.05) is 15.9 Å². The first kappa shape index (κ1) is 15.0. The molecule has 0 saturated heterocycles. The molecule has 0 unspecified atom stereocenters. The van der Waals surface area contributed by atoms with Gasteiger partial charge in [0.2, 0.25) is 10.0 Å². The van der Waals surface area contributed by atoms with E-state index in [2.05, 4.69) is 25.6 Å². The standard InChI is InChI=1S/C10H8BrN3O4S2/c11-7-1-2-9(14(15)16)10(3-7)20(17,18)13-4-8-5-19-6-12-8/h1-3,5-6,13H,4H2. The van der Waals surface area contributed by atoms with E-state index in [9.17, 15) is 18.5 Å². The van der Waals surface area contributed by atoms with Gasteiger partial charge in [0.15, 0.2) is 4.90 Å². The SMILES string of the molecule is O=[N+]([O-])c1ccc(Br)cc1S(=O)(=O)NCc1cscn1. The zero-order chi connectivity index (χ0) is 14.8. The van der Waals surface area contributed by atoms with Crippen LogP contribution in [0.3, 0.4) is 0 Å². The molecule has 0 radical (unpaired) electrons. The molecule has 2 rings (SSSR count). The summed E-state index contributed by atoms with van der Waals surface area (Å²) in [6.45, 7) is -0.0184. The Labute approximate surface area is 127 Å². The molecule has 7 nitrogen and oxygen atoms in total. The van der Waals surface area contributed by atoms with Crippen molar-refractivity contribution in [1.82, 2.24) is 9.71 Å². The molecule has 20 heavy (non-hydrogen) atoms. The van der Waals surface area contributed by atoms with Crippen LogP contribution in [-0.4, -0.2) is 18.3 Å². The maximum atomic E-state index is 12.1. The minimum Gasteiger partial charge on any atom is -0.258 e. The van der Waals surface area contributed by atoms with Crippen LogP contribution in [0.2, 0.25) is 0 Å². The van der Waals surface area contributed by atoms with E-state index in [1.807, 2.05) is 0 Å². The molecule has 0 aliphatic heterocycles. The minimum atomic E-state index is -3.99. The van der Waals surface area contributed by atoms with Crippen molar-refractivity contribution in [3.63, 3.8) is 0 Å². The third-order valence-electron chi connectivity index (χ3n) is 2.33. The predicted molar refractivity (Wildman–Crippen MR) is 76.9 cm³/mol. The number of hydrogen-bond donors (Lipinski definition) is 1. The highest BCUT2D eigenvalue weighted by molar-refractivity contribution is 9.10. The van der Waals surface area contributed by atoms with Crippen LogP contribution in [0.25, 0.3) is 0 Å². The lowest BCUT2D eigenvalue weighted by molar-refractivity contribution is -0.387. The lowest BCUT2D eigenvalue weighted by Crippen LogP contribution is -2.24. The van der Waals surface area contributed by atoms with Crippen molar-refractivity contribution in [1.29, 1.82) is 0 Å². The van der Waals surface area contributed by atoms with Crippen LogP contribution in [0.15, 0.2) is 38.5 Å². The highest BCUT2D eigenvalue weighted by Gasteiger charge is 2.25. The van der Waals surface area contributed by atoms with Crippen LogP contribution in [0.1, 0.15) is 5.69 Å². The number of halogens is 1. The summed E-state index contributed by atoms with van der Waals surface area (Å²) in [6.07, 6.45) is 0. The van der Waals surface area contributed by atoms with Crippen LogP contribution < -0.4 is 4.72 Å². The Morgan fingerprint density at radius 1 is 1.45 bits per heavy atom. The summed E-state index contributed by atoms with van der Waals surface area (Å²) >= 11 is 4.44. The predicted octanol–water partition coefficient (Wildman–Crippen LogP) is 2.29. The van der Waals surface area contributed by atoms with E-state index in [0.717, 1.165) is 6.07 Å². The molecule has 0 aliphatic carbocycles. The molecule has 0 fully saturated rings. The average molecular weight is 378 g/mol. The lowest BCUT2D eigenvalue weighted by atomic mass is 10.3. The number of nitrogens with one attached hydrogen (secondary N) is 1. The fourth-order valence-corrected chi connectivity index (χ4v) is 3.69. The van der Waals surface area contributed by atoms with E-state index < -0.39 is 20.6 Å². The van der Waals surface area contributed by atoms with Gasteiger partial charge in [-0.2, -0.15) is 0 Å². The van der Waals surface area contributed by atoms with Gasteiger partial charge in [-0.05, 0) is 12.1 Å². The molecule has 0 spiro atoms. The summed E-state index contributed by atoms with van der Waals surface area (Å²) < 4.78 is 27.0. The molecule has 0 aliphatic rings. The first-order chi connectivity index (χ1) is 9.40. The number of aromatic nitrogens is 1. The second-order valence-electron chi connectivity index (χ2n) is 3.67. The number of nitrogens with zero attached hydrogens (tertiary/aromatic N) is 2. The number of benzene rings is 1. The smallest absolute Gasteiger partial charge is 0.258 e. The molecular formula is C10H8BrN3O4S2. The highest BCUT2D eigenvalue weighted by atomic mass is 79.9. The minimum absolute atomic E-state index is 0.0184. The zero-order valence-electron chi connectivity index (χ0n) is 9.82. The summed E-state index contributed by atoms with van der Waals surface area (Å²) in [5.74, 6) is 0. The molecule has 106 valence electrons.